The molecule has 61 heavy (non-hydrogen) atoms. The van der Waals surface area contributed by atoms with Crippen LogP contribution >= 0.6 is 7.82 Å². The number of hydrogen-bond donors (Lipinski definition) is 4. The first-order valence-corrected chi connectivity index (χ1v) is 23.7. The van der Waals surface area contributed by atoms with E-state index in [1.165, 1.54) is 100 Å². The van der Waals surface area contributed by atoms with E-state index in [1.54, 1.807) is 6.07 Å². The van der Waals surface area contributed by atoms with Gasteiger partial charge < -0.3 is 35.1 Å². The molecule has 334 valence electrons. The molecule has 1 fully saturated rings. The number of ether oxygens (including phenoxy) is 3. The summed E-state index contributed by atoms with van der Waals surface area (Å²) < 4.78 is 43.0. The molecule has 0 saturated carbocycles. The quantitative estimate of drug-likeness (QED) is 0.0286. The SMILES string of the molecule is CCCCCCCCCCCCCCCCCCOC[C@H](COP(=O)(O)OC[C@H]1O[C@@](C#N)(c2ccc3c(N)ncnn23)[C@H](O)[C@@H]1O)OCc1ccc(-c2ccccc2)cc1. The summed E-state index contributed by atoms with van der Waals surface area (Å²) in [5.74, 6) is 0.134. The number of nitrogen functional groups attached to an aromatic ring is 1. The molecule has 5 rings (SSSR count). The standard InChI is InChI=1S/C46H66N5O9P/c1-2-3-4-5-6-7-8-9-10-11-12-13-14-15-16-20-29-56-31-39(57-30-36-23-25-38(26-24-36)37-21-18-17-19-22-37)32-58-61(54,55)59-33-41-43(52)44(53)46(34-47,60-41)42-28-27-40-45(48)49-35-50-51(40)42/h17-19,21-28,35,39,41,43-44,52-53H,2-16,20,29-33H2,1H3,(H,54,55)(H2,48,49,50)/t39-,41-,43-,44-,46+/m1/s1. The maximum Gasteiger partial charge on any atom is 0.472 e. The Morgan fingerprint density at radius 1 is 0.836 bits per heavy atom. The number of nitrogens with zero attached hydrogens (tertiary/aromatic N) is 4. The molecular formula is C46H66N5O9P. The van der Waals surface area contributed by atoms with Crippen molar-refractivity contribution in [1.82, 2.24) is 14.6 Å². The van der Waals surface area contributed by atoms with Crippen LogP contribution in [0.5, 0.6) is 0 Å². The number of unbranched alkanes of at least 4 members (excludes halogenated alkanes) is 15. The number of hydrogen-bond acceptors (Lipinski definition) is 12. The Morgan fingerprint density at radius 2 is 1.44 bits per heavy atom. The molecule has 6 atom stereocenters. The number of aliphatic hydroxyl groups excluding tert-OH is 2. The summed E-state index contributed by atoms with van der Waals surface area (Å²) in [4.78, 5) is 14.6. The van der Waals surface area contributed by atoms with Gasteiger partial charge in [0.1, 0.15) is 42.3 Å². The van der Waals surface area contributed by atoms with Gasteiger partial charge in [0.25, 0.3) is 0 Å². The average molecular weight is 864 g/mol. The van der Waals surface area contributed by atoms with E-state index in [1.807, 2.05) is 60.7 Å². The van der Waals surface area contributed by atoms with Crippen LogP contribution in [-0.2, 0) is 40.0 Å². The Balaban J connectivity index is 1.05. The van der Waals surface area contributed by atoms with Crippen molar-refractivity contribution in [1.29, 1.82) is 5.26 Å². The normalized spacial score (nSPS) is 20.5. The molecule has 5 N–H and O–H groups in total. The Morgan fingerprint density at radius 3 is 2.07 bits per heavy atom. The van der Waals surface area contributed by atoms with E-state index in [4.69, 9.17) is 29.0 Å². The molecule has 0 amide bonds. The largest absolute Gasteiger partial charge is 0.472 e. The van der Waals surface area contributed by atoms with E-state index < -0.39 is 44.4 Å². The van der Waals surface area contributed by atoms with Crippen molar-refractivity contribution in [2.45, 2.75) is 146 Å². The highest BCUT2D eigenvalue weighted by atomic mass is 31.2. The number of aliphatic hydroxyl groups is 2. The van der Waals surface area contributed by atoms with Crippen molar-refractivity contribution >= 4 is 19.2 Å². The molecule has 0 aliphatic carbocycles. The Bertz CT molecular complexity index is 1950. The molecule has 0 spiro atoms. The number of rotatable bonds is 30. The maximum absolute atomic E-state index is 13.1. The van der Waals surface area contributed by atoms with Crippen molar-refractivity contribution in [2.75, 3.05) is 32.2 Å². The molecule has 1 aliphatic heterocycles. The minimum Gasteiger partial charge on any atom is -0.387 e. The van der Waals surface area contributed by atoms with Crippen LogP contribution in [0.1, 0.15) is 121 Å². The topological polar surface area (TPSA) is 204 Å². The highest BCUT2D eigenvalue weighted by Crippen LogP contribution is 2.46. The third-order valence-electron chi connectivity index (χ3n) is 11.3. The number of benzene rings is 2. The van der Waals surface area contributed by atoms with Gasteiger partial charge in [0.05, 0.1) is 32.1 Å². The van der Waals surface area contributed by atoms with Crippen LogP contribution in [-0.4, -0.2) is 80.5 Å². The molecule has 3 heterocycles. The zero-order valence-electron chi connectivity index (χ0n) is 35.7. The number of anilines is 1. The van der Waals surface area contributed by atoms with E-state index in [-0.39, 0.29) is 31.3 Å². The van der Waals surface area contributed by atoms with Gasteiger partial charge in [0.2, 0.25) is 5.60 Å². The number of phosphoric acid groups is 1. The Labute approximate surface area is 361 Å². The van der Waals surface area contributed by atoms with Gasteiger partial charge in [-0.3, -0.25) is 9.05 Å². The van der Waals surface area contributed by atoms with Crippen molar-refractivity contribution in [3.8, 4) is 17.2 Å². The van der Waals surface area contributed by atoms with Crippen LogP contribution in [0.15, 0.2) is 73.1 Å². The lowest BCUT2D eigenvalue weighted by Gasteiger charge is -2.24. The zero-order chi connectivity index (χ0) is 43.3. The minimum atomic E-state index is -4.75. The minimum absolute atomic E-state index is 0.0888. The molecule has 0 radical (unpaired) electrons. The van der Waals surface area contributed by atoms with Gasteiger partial charge in [-0.2, -0.15) is 10.4 Å². The second kappa shape index (κ2) is 25.4. The molecule has 0 bridgehead atoms. The zero-order valence-corrected chi connectivity index (χ0v) is 36.6. The molecular weight excluding hydrogens is 798 g/mol. The molecule has 2 aromatic carbocycles. The lowest BCUT2D eigenvalue weighted by Crippen LogP contribution is -2.41. The number of fused-ring (bicyclic) bond motifs is 1. The third kappa shape index (κ3) is 14.7. The number of aromatic nitrogens is 3. The number of nitrogens with two attached hydrogens (primary N) is 1. The third-order valence-corrected chi connectivity index (χ3v) is 12.3. The lowest BCUT2D eigenvalue weighted by atomic mass is 9.92. The number of nitriles is 1. The van der Waals surface area contributed by atoms with E-state index >= 15 is 0 Å². The smallest absolute Gasteiger partial charge is 0.387 e. The fourth-order valence-electron chi connectivity index (χ4n) is 7.68. The van der Waals surface area contributed by atoms with Gasteiger partial charge >= 0.3 is 7.82 Å². The van der Waals surface area contributed by atoms with Crippen molar-refractivity contribution in [2.24, 2.45) is 0 Å². The van der Waals surface area contributed by atoms with Crippen LogP contribution in [0, 0.1) is 11.3 Å². The Kier molecular flexibility index (Phi) is 20.1. The lowest BCUT2D eigenvalue weighted by molar-refractivity contribution is -0.0690. The summed E-state index contributed by atoms with van der Waals surface area (Å²) in [6.45, 7) is 2.12. The first kappa shape index (κ1) is 48.3. The summed E-state index contributed by atoms with van der Waals surface area (Å²) >= 11 is 0. The van der Waals surface area contributed by atoms with Crippen molar-refractivity contribution in [3.63, 3.8) is 0 Å². The molecule has 1 aliphatic rings. The van der Waals surface area contributed by atoms with Gasteiger partial charge in [-0.1, -0.05) is 158 Å². The van der Waals surface area contributed by atoms with E-state index in [0.29, 0.717) is 12.1 Å². The second-order valence-electron chi connectivity index (χ2n) is 16.0. The molecule has 1 saturated heterocycles. The van der Waals surface area contributed by atoms with Crippen molar-refractivity contribution in [3.05, 3.63) is 84.3 Å². The highest BCUT2D eigenvalue weighted by molar-refractivity contribution is 7.47. The second-order valence-corrected chi connectivity index (χ2v) is 17.5. The van der Waals surface area contributed by atoms with E-state index in [2.05, 4.69) is 17.0 Å². The molecule has 14 nitrogen and oxygen atoms in total. The summed E-state index contributed by atoms with van der Waals surface area (Å²) in [7, 11) is -4.75. The van der Waals surface area contributed by atoms with E-state index in [0.717, 1.165) is 36.0 Å². The van der Waals surface area contributed by atoms with Gasteiger partial charge in [-0.15, -0.1) is 0 Å². The summed E-state index contributed by atoms with van der Waals surface area (Å²) in [5.41, 5.74) is 7.37. The van der Waals surface area contributed by atoms with Crippen LogP contribution in [0.4, 0.5) is 5.82 Å². The summed E-state index contributed by atoms with van der Waals surface area (Å²) in [5, 5.41) is 36.2. The Hall–Kier alpha value is -3.74. The van der Waals surface area contributed by atoms with Gasteiger partial charge in [-0.25, -0.2) is 14.1 Å². The molecule has 15 heteroatoms. The van der Waals surface area contributed by atoms with Gasteiger partial charge in [-0.05, 0) is 35.2 Å². The van der Waals surface area contributed by atoms with Gasteiger partial charge in [0.15, 0.2) is 5.82 Å². The number of phosphoric ester groups is 1. The summed E-state index contributed by atoms with van der Waals surface area (Å²) in [6, 6.07) is 23.0. The first-order chi connectivity index (χ1) is 29.7. The highest BCUT2D eigenvalue weighted by Gasteiger charge is 2.58. The first-order valence-electron chi connectivity index (χ1n) is 22.2. The molecule has 2 aromatic heterocycles. The molecule has 1 unspecified atom stereocenters. The van der Waals surface area contributed by atoms with Gasteiger partial charge in [0, 0.05) is 6.61 Å². The summed E-state index contributed by atoms with van der Waals surface area (Å²) in [6.07, 6.45) is 16.2. The van der Waals surface area contributed by atoms with Crippen molar-refractivity contribution < 1.29 is 42.9 Å². The monoisotopic (exact) mass is 863 g/mol. The van der Waals surface area contributed by atoms with Crippen LogP contribution in [0.25, 0.3) is 16.6 Å². The van der Waals surface area contributed by atoms with Crippen LogP contribution < -0.4 is 5.73 Å². The fourth-order valence-corrected chi connectivity index (χ4v) is 8.45. The fraction of sp³-hybridized carbons (Fsp3) is 0.587. The predicted octanol–water partition coefficient (Wildman–Crippen LogP) is 8.82. The van der Waals surface area contributed by atoms with Crippen LogP contribution in [0.3, 0.4) is 0 Å². The molecule has 4 aromatic rings. The van der Waals surface area contributed by atoms with Crippen LogP contribution in [0.2, 0.25) is 0 Å². The predicted molar refractivity (Wildman–Crippen MR) is 234 cm³/mol. The van der Waals surface area contributed by atoms with E-state index in [9.17, 15) is 24.9 Å². The average Bonchev–Trinajstić information content (AvgIpc) is 3.82. The maximum atomic E-state index is 13.1.